The highest BCUT2D eigenvalue weighted by Gasteiger charge is 2.18. The predicted molar refractivity (Wildman–Crippen MR) is 82.8 cm³/mol. The van der Waals surface area contributed by atoms with Crippen molar-refractivity contribution in [3.05, 3.63) is 24.3 Å². The van der Waals surface area contributed by atoms with Crippen LogP contribution in [0.25, 0.3) is 0 Å². The molecule has 0 bridgehead atoms. The van der Waals surface area contributed by atoms with Gasteiger partial charge in [-0.05, 0) is 37.7 Å². The third kappa shape index (κ3) is 4.51. The van der Waals surface area contributed by atoms with Gasteiger partial charge in [0.05, 0.1) is 13.2 Å². The van der Waals surface area contributed by atoms with Crippen LogP contribution in [0.15, 0.2) is 24.3 Å². The first-order chi connectivity index (χ1) is 9.49. The van der Waals surface area contributed by atoms with E-state index in [9.17, 15) is 4.79 Å². The number of carbonyl (C=O) groups is 1. The molecule has 0 aliphatic carbocycles. The molecule has 0 saturated heterocycles. The normalized spacial score (nSPS) is 12.4. The van der Waals surface area contributed by atoms with Gasteiger partial charge in [-0.25, -0.2) is 0 Å². The minimum atomic E-state index is 0.0552. The Kier molecular flexibility index (Phi) is 6.48. The van der Waals surface area contributed by atoms with E-state index >= 15 is 0 Å². The van der Waals surface area contributed by atoms with Gasteiger partial charge in [-0.1, -0.05) is 6.92 Å². The molecule has 2 N–H and O–H groups in total. The highest BCUT2D eigenvalue weighted by atomic mass is 16.5. The molecule has 0 spiro atoms. The third-order valence-electron chi connectivity index (χ3n) is 3.43. The minimum Gasteiger partial charge on any atom is -0.399 e. The van der Waals surface area contributed by atoms with Gasteiger partial charge in [-0.15, -0.1) is 0 Å². The lowest BCUT2D eigenvalue weighted by Crippen LogP contribution is -2.44. The molecule has 5 heteroatoms. The molecule has 0 saturated carbocycles. The summed E-state index contributed by atoms with van der Waals surface area (Å²) in [5.74, 6) is 0.0552. The number of amides is 1. The van der Waals surface area contributed by atoms with E-state index in [0.717, 1.165) is 12.2 Å². The number of carbonyl (C=O) groups excluding carboxylic acids is 1. The highest BCUT2D eigenvalue weighted by molar-refractivity contribution is 5.94. The van der Waals surface area contributed by atoms with Crippen LogP contribution in [0.2, 0.25) is 0 Å². The van der Waals surface area contributed by atoms with Gasteiger partial charge < -0.3 is 15.4 Å². The molecule has 1 atom stereocenters. The van der Waals surface area contributed by atoms with Gasteiger partial charge in [0, 0.05) is 31.6 Å². The number of hydrogen-bond acceptors (Lipinski definition) is 4. The zero-order valence-corrected chi connectivity index (χ0v) is 12.8. The van der Waals surface area contributed by atoms with Gasteiger partial charge in [0.2, 0.25) is 5.91 Å². The molecule has 20 heavy (non-hydrogen) atoms. The van der Waals surface area contributed by atoms with Crippen LogP contribution in [0.1, 0.15) is 13.8 Å². The van der Waals surface area contributed by atoms with Gasteiger partial charge in [0.25, 0.3) is 0 Å². The van der Waals surface area contributed by atoms with Crippen LogP contribution in [-0.2, 0) is 9.53 Å². The van der Waals surface area contributed by atoms with E-state index < -0.39 is 0 Å². The molecule has 0 aliphatic rings. The SMILES string of the molecule is CCN(CC(=O)N(C)c1ccc(N)cc1)C(C)COC. The Balaban J connectivity index is 2.66. The molecule has 0 aliphatic heterocycles. The van der Waals surface area contributed by atoms with E-state index in [4.69, 9.17) is 10.5 Å². The number of ether oxygens (including phenoxy) is 1. The van der Waals surface area contributed by atoms with Crippen LogP contribution in [-0.4, -0.2) is 50.7 Å². The summed E-state index contributed by atoms with van der Waals surface area (Å²) in [4.78, 5) is 16.1. The molecule has 0 heterocycles. The van der Waals surface area contributed by atoms with Crippen molar-refractivity contribution >= 4 is 17.3 Å². The summed E-state index contributed by atoms with van der Waals surface area (Å²) in [6.07, 6.45) is 0. The molecule has 1 amide bonds. The molecular formula is C15H25N3O2. The monoisotopic (exact) mass is 279 g/mol. The first kappa shape index (κ1) is 16.5. The van der Waals surface area contributed by atoms with Crippen LogP contribution in [0.5, 0.6) is 0 Å². The van der Waals surface area contributed by atoms with Crippen LogP contribution < -0.4 is 10.6 Å². The first-order valence-corrected chi connectivity index (χ1v) is 6.84. The second-order valence-electron chi connectivity index (χ2n) is 4.91. The first-order valence-electron chi connectivity index (χ1n) is 6.84. The van der Waals surface area contributed by atoms with E-state index in [1.807, 2.05) is 19.1 Å². The lowest BCUT2D eigenvalue weighted by molar-refractivity contribution is -0.120. The Morgan fingerprint density at radius 1 is 1.35 bits per heavy atom. The standard InChI is InChI=1S/C15H25N3O2/c1-5-18(12(2)11-20-4)10-15(19)17(3)14-8-6-13(16)7-9-14/h6-9,12H,5,10-11,16H2,1-4H3. The highest BCUT2D eigenvalue weighted by Crippen LogP contribution is 2.15. The van der Waals surface area contributed by atoms with Crippen molar-refractivity contribution in [3.63, 3.8) is 0 Å². The van der Waals surface area contributed by atoms with E-state index in [1.54, 1.807) is 31.2 Å². The Morgan fingerprint density at radius 2 is 1.95 bits per heavy atom. The Labute approximate surface area is 121 Å². The number of anilines is 2. The summed E-state index contributed by atoms with van der Waals surface area (Å²) in [6, 6.07) is 7.51. The fourth-order valence-electron chi connectivity index (χ4n) is 2.05. The van der Waals surface area contributed by atoms with Gasteiger partial charge in [-0.2, -0.15) is 0 Å². The number of nitrogen functional groups attached to an aromatic ring is 1. The maximum Gasteiger partial charge on any atom is 0.240 e. The number of nitrogens with two attached hydrogens (primary N) is 1. The summed E-state index contributed by atoms with van der Waals surface area (Å²) >= 11 is 0. The van der Waals surface area contributed by atoms with Gasteiger partial charge in [-0.3, -0.25) is 9.69 Å². The van der Waals surface area contributed by atoms with Crippen LogP contribution in [0.3, 0.4) is 0 Å². The smallest absolute Gasteiger partial charge is 0.240 e. The van der Waals surface area contributed by atoms with E-state index in [1.165, 1.54) is 0 Å². The lowest BCUT2D eigenvalue weighted by Gasteiger charge is -2.28. The minimum absolute atomic E-state index is 0.0552. The summed E-state index contributed by atoms with van der Waals surface area (Å²) in [7, 11) is 3.45. The molecule has 0 radical (unpaired) electrons. The second kappa shape index (κ2) is 7.87. The summed E-state index contributed by atoms with van der Waals surface area (Å²) in [5, 5.41) is 0. The van der Waals surface area contributed by atoms with Crippen LogP contribution in [0.4, 0.5) is 11.4 Å². The summed E-state index contributed by atoms with van der Waals surface area (Å²) in [6.45, 7) is 5.91. The van der Waals surface area contributed by atoms with Gasteiger partial charge >= 0.3 is 0 Å². The molecule has 1 unspecified atom stereocenters. The van der Waals surface area contributed by atoms with Crippen molar-refractivity contribution in [1.82, 2.24) is 4.90 Å². The van der Waals surface area contributed by atoms with Gasteiger partial charge in [0.1, 0.15) is 0 Å². The quantitative estimate of drug-likeness (QED) is 0.770. The molecule has 5 nitrogen and oxygen atoms in total. The lowest BCUT2D eigenvalue weighted by atomic mass is 10.2. The maximum absolute atomic E-state index is 12.3. The molecule has 0 fully saturated rings. The summed E-state index contributed by atoms with van der Waals surface area (Å²) in [5.41, 5.74) is 7.19. The number of likely N-dealkylation sites (N-methyl/N-ethyl adjacent to an activating group) is 2. The average molecular weight is 279 g/mol. The van der Waals surface area contributed by atoms with Crippen molar-refractivity contribution in [2.75, 3.05) is 44.5 Å². The third-order valence-corrected chi connectivity index (χ3v) is 3.43. The number of benzene rings is 1. The zero-order valence-electron chi connectivity index (χ0n) is 12.8. The molecule has 1 aromatic carbocycles. The van der Waals surface area contributed by atoms with E-state index in [-0.39, 0.29) is 11.9 Å². The summed E-state index contributed by atoms with van der Waals surface area (Å²) < 4.78 is 5.15. The zero-order chi connectivity index (χ0) is 15.1. The van der Waals surface area contributed by atoms with Crippen molar-refractivity contribution in [2.24, 2.45) is 0 Å². The number of rotatable bonds is 7. The molecule has 112 valence electrons. The second-order valence-corrected chi connectivity index (χ2v) is 4.91. The molecule has 0 aromatic heterocycles. The molecule has 1 aromatic rings. The Bertz CT molecular complexity index is 420. The number of nitrogens with zero attached hydrogens (tertiary/aromatic N) is 2. The number of hydrogen-bond donors (Lipinski definition) is 1. The van der Waals surface area contributed by atoms with E-state index in [2.05, 4.69) is 11.8 Å². The van der Waals surface area contributed by atoms with Gasteiger partial charge in [0.15, 0.2) is 0 Å². The molecular weight excluding hydrogens is 254 g/mol. The van der Waals surface area contributed by atoms with Crippen LogP contribution in [0, 0.1) is 0 Å². The molecule has 1 rings (SSSR count). The Morgan fingerprint density at radius 3 is 2.45 bits per heavy atom. The van der Waals surface area contributed by atoms with Crippen molar-refractivity contribution < 1.29 is 9.53 Å². The van der Waals surface area contributed by atoms with Crippen molar-refractivity contribution in [2.45, 2.75) is 19.9 Å². The number of methoxy groups -OCH3 is 1. The van der Waals surface area contributed by atoms with E-state index in [0.29, 0.717) is 18.8 Å². The largest absolute Gasteiger partial charge is 0.399 e. The topological polar surface area (TPSA) is 58.8 Å². The maximum atomic E-state index is 12.3. The van der Waals surface area contributed by atoms with Crippen molar-refractivity contribution in [1.29, 1.82) is 0 Å². The predicted octanol–water partition coefficient (Wildman–Crippen LogP) is 1.59. The average Bonchev–Trinajstić information content (AvgIpc) is 2.44. The fourth-order valence-corrected chi connectivity index (χ4v) is 2.05. The van der Waals surface area contributed by atoms with Crippen LogP contribution >= 0.6 is 0 Å². The van der Waals surface area contributed by atoms with Crippen molar-refractivity contribution in [3.8, 4) is 0 Å². The fraction of sp³-hybridized carbons (Fsp3) is 0.533. The Hall–Kier alpha value is -1.59.